The van der Waals surface area contributed by atoms with Crippen molar-refractivity contribution in [2.24, 2.45) is 0 Å². The molecule has 1 aliphatic rings. The van der Waals surface area contributed by atoms with Crippen molar-refractivity contribution in [1.82, 2.24) is 15.2 Å². The first kappa shape index (κ1) is 25.1. The molecule has 2 aromatic heterocycles. The molecular weight excluding hydrogens is 482 g/mol. The fourth-order valence-electron chi connectivity index (χ4n) is 5.23. The van der Waals surface area contributed by atoms with E-state index in [9.17, 15) is 9.59 Å². The summed E-state index contributed by atoms with van der Waals surface area (Å²) in [6.07, 6.45) is 7.54. The van der Waals surface area contributed by atoms with Gasteiger partial charge in [0, 0.05) is 34.6 Å². The summed E-state index contributed by atoms with van der Waals surface area (Å²) in [5.41, 5.74) is 2.84. The first-order chi connectivity index (χ1) is 18.1. The number of carbonyl (C=O) groups excluding carboxylic acids is 2. The number of para-hydroxylation sites is 1. The molecule has 0 bridgehead atoms. The zero-order chi connectivity index (χ0) is 25.6. The quantitative estimate of drug-likeness (QED) is 0.287. The van der Waals surface area contributed by atoms with E-state index in [0.29, 0.717) is 6.54 Å². The van der Waals surface area contributed by atoms with Crippen molar-refractivity contribution in [3.8, 4) is 5.75 Å². The van der Waals surface area contributed by atoms with Gasteiger partial charge in [-0.25, -0.2) is 0 Å². The maximum Gasteiger partial charge on any atom is 0.248 e. The molecule has 0 saturated heterocycles. The number of methoxy groups -OCH3 is 1. The second-order valence-corrected chi connectivity index (χ2v) is 10.7. The summed E-state index contributed by atoms with van der Waals surface area (Å²) in [4.78, 5) is 33.8. The third-order valence-corrected chi connectivity index (χ3v) is 8.07. The fourth-order valence-corrected chi connectivity index (χ4v) is 6.07. The Morgan fingerprint density at radius 3 is 2.70 bits per heavy atom. The molecule has 2 N–H and O–H groups in total. The normalized spacial score (nSPS) is 14.8. The van der Waals surface area contributed by atoms with Gasteiger partial charge in [0.2, 0.25) is 11.8 Å². The van der Waals surface area contributed by atoms with E-state index in [1.807, 2.05) is 72.2 Å². The number of amides is 2. The Kier molecular flexibility index (Phi) is 7.90. The van der Waals surface area contributed by atoms with Crippen LogP contribution in [0.15, 0.2) is 72.2 Å². The second kappa shape index (κ2) is 11.6. The predicted octanol–water partition coefficient (Wildman–Crippen LogP) is 6.00. The van der Waals surface area contributed by atoms with Gasteiger partial charge in [-0.1, -0.05) is 55.7 Å². The summed E-state index contributed by atoms with van der Waals surface area (Å²) < 4.78 is 5.43. The molecule has 1 saturated carbocycles. The molecule has 0 unspecified atom stereocenters. The summed E-state index contributed by atoms with van der Waals surface area (Å²) in [7, 11) is 1.63. The molecule has 192 valence electrons. The van der Waals surface area contributed by atoms with Gasteiger partial charge in [0.1, 0.15) is 11.8 Å². The van der Waals surface area contributed by atoms with Crippen molar-refractivity contribution in [3.63, 3.8) is 0 Å². The van der Waals surface area contributed by atoms with Crippen LogP contribution in [0.25, 0.3) is 10.9 Å². The van der Waals surface area contributed by atoms with Gasteiger partial charge in [0.15, 0.2) is 0 Å². The Balaban J connectivity index is 1.49. The predicted molar refractivity (Wildman–Crippen MR) is 148 cm³/mol. The molecular formula is C30H33N3O3S. The average Bonchev–Trinajstić information content (AvgIpc) is 3.60. The van der Waals surface area contributed by atoms with E-state index in [0.717, 1.165) is 58.3 Å². The second-order valence-electron chi connectivity index (χ2n) is 9.67. The van der Waals surface area contributed by atoms with Crippen LogP contribution in [0.1, 0.15) is 54.1 Å². The number of benzene rings is 2. The maximum absolute atomic E-state index is 14.1. The zero-order valence-corrected chi connectivity index (χ0v) is 21.9. The fraction of sp³-hybridized carbons (Fsp3) is 0.333. The van der Waals surface area contributed by atoms with Crippen LogP contribution < -0.4 is 10.1 Å². The Morgan fingerprint density at radius 2 is 1.92 bits per heavy atom. The van der Waals surface area contributed by atoms with Crippen LogP contribution in [0, 0.1) is 0 Å². The van der Waals surface area contributed by atoms with Crippen molar-refractivity contribution in [2.75, 3.05) is 7.11 Å². The Bertz CT molecular complexity index is 1340. The number of H-pyrrole nitrogens is 1. The van der Waals surface area contributed by atoms with E-state index < -0.39 is 6.04 Å². The van der Waals surface area contributed by atoms with Gasteiger partial charge in [-0.15, -0.1) is 11.3 Å². The Morgan fingerprint density at radius 1 is 1.08 bits per heavy atom. The number of hydrogen-bond acceptors (Lipinski definition) is 4. The molecule has 7 heteroatoms. The number of aromatic amines is 1. The highest BCUT2D eigenvalue weighted by Gasteiger charge is 2.34. The van der Waals surface area contributed by atoms with Crippen molar-refractivity contribution >= 4 is 34.1 Å². The first-order valence-electron chi connectivity index (χ1n) is 12.9. The number of thiophene rings is 1. The summed E-state index contributed by atoms with van der Waals surface area (Å²) in [5.74, 6) is 0.523. The topological polar surface area (TPSA) is 74.4 Å². The third kappa shape index (κ3) is 5.88. The minimum Gasteiger partial charge on any atom is -0.497 e. The first-order valence-corrected chi connectivity index (χ1v) is 13.8. The van der Waals surface area contributed by atoms with Crippen LogP contribution >= 0.6 is 11.3 Å². The van der Waals surface area contributed by atoms with Crippen LogP contribution in [0.2, 0.25) is 0 Å². The summed E-state index contributed by atoms with van der Waals surface area (Å²) >= 11 is 1.51. The van der Waals surface area contributed by atoms with Crippen molar-refractivity contribution < 1.29 is 14.3 Å². The van der Waals surface area contributed by atoms with Crippen LogP contribution in [0.3, 0.4) is 0 Å². The van der Waals surface area contributed by atoms with E-state index in [1.165, 1.54) is 17.8 Å². The molecule has 1 aliphatic carbocycles. The molecule has 1 atom stereocenters. The van der Waals surface area contributed by atoms with Gasteiger partial charge in [-0.3, -0.25) is 9.59 Å². The van der Waals surface area contributed by atoms with Gasteiger partial charge in [0.25, 0.3) is 0 Å². The molecule has 0 spiro atoms. The number of nitrogens with one attached hydrogen (secondary N) is 2. The van der Waals surface area contributed by atoms with Crippen molar-refractivity contribution in [1.29, 1.82) is 0 Å². The van der Waals surface area contributed by atoms with Gasteiger partial charge < -0.3 is 19.9 Å². The number of hydrogen-bond donors (Lipinski definition) is 2. The highest BCUT2D eigenvalue weighted by Crippen LogP contribution is 2.30. The number of ether oxygens (including phenoxy) is 1. The molecule has 2 aromatic carbocycles. The molecule has 1 fully saturated rings. The largest absolute Gasteiger partial charge is 0.497 e. The lowest BCUT2D eigenvalue weighted by atomic mass is 9.95. The molecule has 2 amide bonds. The van der Waals surface area contributed by atoms with E-state index in [2.05, 4.69) is 10.3 Å². The molecule has 37 heavy (non-hydrogen) atoms. The summed E-state index contributed by atoms with van der Waals surface area (Å²) in [6, 6.07) is 19.0. The minimum absolute atomic E-state index is 0.0928. The van der Waals surface area contributed by atoms with Crippen molar-refractivity contribution in [3.05, 3.63) is 88.2 Å². The lowest BCUT2D eigenvalue weighted by Gasteiger charge is -2.33. The number of carbonyl (C=O) groups is 2. The molecule has 2 heterocycles. The minimum atomic E-state index is -0.703. The average molecular weight is 516 g/mol. The summed E-state index contributed by atoms with van der Waals surface area (Å²) in [5, 5.41) is 6.27. The monoisotopic (exact) mass is 515 g/mol. The van der Waals surface area contributed by atoms with Crippen LogP contribution in [0.5, 0.6) is 5.75 Å². The van der Waals surface area contributed by atoms with Gasteiger partial charge in [0.05, 0.1) is 13.5 Å². The van der Waals surface area contributed by atoms with Crippen LogP contribution in [0.4, 0.5) is 0 Å². The molecule has 0 radical (unpaired) electrons. The van der Waals surface area contributed by atoms with Crippen LogP contribution in [-0.2, 0) is 22.6 Å². The SMILES string of the molecule is COc1cccc(CN(C(=O)Cc2c[nH]c3ccccc23)[C@@H](C(=O)NC2CCCCC2)c2cccs2)c1. The highest BCUT2D eigenvalue weighted by molar-refractivity contribution is 7.10. The Labute approximate surface area is 221 Å². The standard InChI is InChI=1S/C30H33N3O3S/c1-36-24-12-7-9-21(17-24)20-33(28(34)18-22-19-31-26-14-6-5-13-25(22)26)29(27-15-8-16-37-27)30(35)32-23-10-3-2-4-11-23/h5-9,12-17,19,23,29,31H,2-4,10-11,18,20H2,1H3,(H,32,35)/t29-/m1/s1. The maximum atomic E-state index is 14.1. The number of nitrogens with zero attached hydrogens (tertiary/aromatic N) is 1. The van der Waals surface area contributed by atoms with E-state index in [-0.39, 0.29) is 24.3 Å². The number of fused-ring (bicyclic) bond motifs is 1. The number of aromatic nitrogens is 1. The van der Waals surface area contributed by atoms with Gasteiger partial charge in [-0.2, -0.15) is 0 Å². The molecule has 6 nitrogen and oxygen atoms in total. The van der Waals surface area contributed by atoms with Crippen LogP contribution in [-0.4, -0.2) is 34.8 Å². The van der Waals surface area contributed by atoms with Crippen molar-refractivity contribution in [2.45, 2.75) is 57.2 Å². The highest BCUT2D eigenvalue weighted by atomic mass is 32.1. The lowest BCUT2D eigenvalue weighted by Crippen LogP contribution is -2.47. The van der Waals surface area contributed by atoms with E-state index in [1.54, 1.807) is 12.0 Å². The van der Waals surface area contributed by atoms with Gasteiger partial charge in [-0.05, 0) is 53.6 Å². The van der Waals surface area contributed by atoms with E-state index in [4.69, 9.17) is 4.74 Å². The third-order valence-electron chi connectivity index (χ3n) is 7.15. The van der Waals surface area contributed by atoms with E-state index >= 15 is 0 Å². The molecule has 5 rings (SSSR count). The molecule has 0 aliphatic heterocycles. The smallest absolute Gasteiger partial charge is 0.248 e. The van der Waals surface area contributed by atoms with Gasteiger partial charge >= 0.3 is 0 Å². The number of rotatable bonds is 9. The molecule has 4 aromatic rings. The lowest BCUT2D eigenvalue weighted by molar-refractivity contribution is -0.141. The summed E-state index contributed by atoms with van der Waals surface area (Å²) in [6.45, 7) is 0.305. The Hall–Kier alpha value is -3.58. The zero-order valence-electron chi connectivity index (χ0n) is 21.1.